The quantitative estimate of drug-likeness (QED) is 0.759. The number of aryl methyl sites for hydroxylation is 1. The van der Waals surface area contributed by atoms with Crippen LogP contribution in [0, 0.1) is 6.92 Å². The van der Waals surface area contributed by atoms with Crippen molar-refractivity contribution in [2.24, 2.45) is 5.73 Å². The van der Waals surface area contributed by atoms with E-state index >= 15 is 0 Å². The minimum absolute atomic E-state index is 0.0142. The van der Waals surface area contributed by atoms with Crippen LogP contribution in [0.15, 0.2) is 23.1 Å². The molecule has 6 nitrogen and oxygen atoms in total. The number of sulfonamides is 1. The third kappa shape index (κ3) is 3.61. The van der Waals surface area contributed by atoms with Crippen LogP contribution in [-0.4, -0.2) is 31.6 Å². The van der Waals surface area contributed by atoms with Gasteiger partial charge in [0.25, 0.3) is 0 Å². The first-order valence-corrected chi connectivity index (χ1v) is 8.40. The zero-order valence-corrected chi connectivity index (χ0v) is 12.7. The maximum absolute atomic E-state index is 12.4. The first-order valence-electron chi connectivity index (χ1n) is 6.92. The van der Waals surface area contributed by atoms with Crippen molar-refractivity contribution in [2.45, 2.75) is 49.6 Å². The maximum atomic E-state index is 12.4. The van der Waals surface area contributed by atoms with Crippen LogP contribution < -0.4 is 10.5 Å². The molecule has 0 bridgehead atoms. The number of carbonyl (C=O) groups excluding carboxylic acids is 1. The molecule has 4 N–H and O–H groups in total. The van der Waals surface area contributed by atoms with Gasteiger partial charge in [-0.25, -0.2) is 13.1 Å². The van der Waals surface area contributed by atoms with Crippen LogP contribution in [0.3, 0.4) is 0 Å². The molecule has 2 rings (SSSR count). The van der Waals surface area contributed by atoms with E-state index < -0.39 is 28.1 Å². The number of aliphatic hydroxyl groups is 1. The Morgan fingerprint density at radius 2 is 2.00 bits per heavy atom. The Morgan fingerprint density at radius 3 is 2.62 bits per heavy atom. The van der Waals surface area contributed by atoms with Crippen LogP contribution in [0.2, 0.25) is 0 Å². The van der Waals surface area contributed by atoms with Gasteiger partial charge in [0.2, 0.25) is 15.9 Å². The van der Waals surface area contributed by atoms with Crippen LogP contribution in [-0.2, 0) is 10.0 Å². The molecular weight excluding hydrogens is 292 g/mol. The number of carbonyl (C=O) groups is 1. The lowest BCUT2D eigenvalue weighted by molar-refractivity contribution is 0.0997. The minimum atomic E-state index is -3.78. The number of nitrogens with two attached hydrogens (primary N) is 1. The molecule has 21 heavy (non-hydrogen) atoms. The average molecular weight is 312 g/mol. The molecule has 1 fully saturated rings. The van der Waals surface area contributed by atoms with Crippen molar-refractivity contribution in [2.75, 3.05) is 0 Å². The normalized spacial score (nSPS) is 23.0. The molecule has 7 heteroatoms. The second-order valence-corrected chi connectivity index (χ2v) is 7.13. The summed E-state index contributed by atoms with van der Waals surface area (Å²) in [5, 5.41) is 9.87. The van der Waals surface area contributed by atoms with E-state index in [0.29, 0.717) is 18.4 Å². The third-order valence-electron chi connectivity index (χ3n) is 3.82. The number of hydrogen-bond donors (Lipinski definition) is 3. The number of amides is 1. The van der Waals surface area contributed by atoms with Gasteiger partial charge in [0.15, 0.2) is 0 Å². The van der Waals surface area contributed by atoms with Gasteiger partial charge in [-0.3, -0.25) is 4.79 Å². The number of aliphatic hydroxyl groups excluding tert-OH is 1. The van der Waals surface area contributed by atoms with Gasteiger partial charge < -0.3 is 10.8 Å². The Bertz CT molecular complexity index is 642. The topological polar surface area (TPSA) is 109 Å². The van der Waals surface area contributed by atoms with Crippen LogP contribution >= 0.6 is 0 Å². The summed E-state index contributed by atoms with van der Waals surface area (Å²) in [4.78, 5) is 11.3. The van der Waals surface area contributed by atoms with Crippen LogP contribution in [0.4, 0.5) is 0 Å². The predicted molar refractivity (Wildman–Crippen MR) is 78.3 cm³/mol. The van der Waals surface area contributed by atoms with Crippen molar-refractivity contribution < 1.29 is 18.3 Å². The zero-order chi connectivity index (χ0) is 15.6. The summed E-state index contributed by atoms with van der Waals surface area (Å²) in [6.07, 6.45) is 2.30. The van der Waals surface area contributed by atoms with E-state index in [9.17, 15) is 18.3 Å². The van der Waals surface area contributed by atoms with Gasteiger partial charge in [-0.2, -0.15) is 0 Å². The lowest BCUT2D eigenvalue weighted by Gasteiger charge is -2.28. The molecule has 0 radical (unpaired) electrons. The van der Waals surface area contributed by atoms with Crippen molar-refractivity contribution in [3.05, 3.63) is 29.3 Å². The lowest BCUT2D eigenvalue weighted by Crippen LogP contribution is -2.45. The molecule has 0 saturated heterocycles. The highest BCUT2D eigenvalue weighted by Crippen LogP contribution is 2.21. The average Bonchev–Trinajstić information content (AvgIpc) is 2.41. The highest BCUT2D eigenvalue weighted by atomic mass is 32.2. The summed E-state index contributed by atoms with van der Waals surface area (Å²) in [6.45, 7) is 1.69. The van der Waals surface area contributed by atoms with E-state index in [1.807, 2.05) is 0 Å². The van der Waals surface area contributed by atoms with E-state index in [1.54, 1.807) is 13.0 Å². The molecule has 2 unspecified atom stereocenters. The molecule has 1 aliphatic carbocycles. The molecule has 0 aromatic heterocycles. The second kappa shape index (κ2) is 6.13. The van der Waals surface area contributed by atoms with Crippen molar-refractivity contribution in [1.82, 2.24) is 4.72 Å². The molecule has 2 atom stereocenters. The number of hydrogen-bond acceptors (Lipinski definition) is 4. The fraction of sp³-hybridized carbons (Fsp3) is 0.500. The molecule has 0 aliphatic heterocycles. The first-order chi connectivity index (χ1) is 9.81. The van der Waals surface area contributed by atoms with Crippen LogP contribution in [0.25, 0.3) is 0 Å². The van der Waals surface area contributed by atoms with E-state index in [-0.39, 0.29) is 10.5 Å². The molecule has 1 aliphatic rings. The fourth-order valence-electron chi connectivity index (χ4n) is 2.55. The van der Waals surface area contributed by atoms with E-state index in [4.69, 9.17) is 5.73 Å². The Kier molecular flexibility index (Phi) is 4.65. The highest BCUT2D eigenvalue weighted by Gasteiger charge is 2.28. The molecule has 0 spiro atoms. The number of primary amides is 1. The summed E-state index contributed by atoms with van der Waals surface area (Å²) < 4.78 is 27.2. The number of rotatable bonds is 4. The molecule has 1 amide bonds. The Morgan fingerprint density at radius 1 is 1.33 bits per heavy atom. The Labute approximate surface area is 124 Å². The van der Waals surface area contributed by atoms with Gasteiger partial charge >= 0.3 is 0 Å². The summed E-state index contributed by atoms with van der Waals surface area (Å²) in [7, 11) is -3.78. The third-order valence-corrected chi connectivity index (χ3v) is 5.31. The molecule has 1 aromatic carbocycles. The van der Waals surface area contributed by atoms with Crippen LogP contribution in [0.1, 0.15) is 41.6 Å². The van der Waals surface area contributed by atoms with Crippen molar-refractivity contribution >= 4 is 15.9 Å². The summed E-state index contributed by atoms with van der Waals surface area (Å²) in [5.74, 6) is -0.665. The van der Waals surface area contributed by atoms with Crippen molar-refractivity contribution in [3.8, 4) is 0 Å². The molecule has 0 heterocycles. The second-order valence-electron chi connectivity index (χ2n) is 5.42. The van der Waals surface area contributed by atoms with Crippen LogP contribution in [0.5, 0.6) is 0 Å². The maximum Gasteiger partial charge on any atom is 0.249 e. The van der Waals surface area contributed by atoms with Gasteiger partial charge in [-0.1, -0.05) is 18.9 Å². The van der Waals surface area contributed by atoms with Crippen molar-refractivity contribution in [3.63, 3.8) is 0 Å². The number of benzene rings is 1. The van der Waals surface area contributed by atoms with E-state index in [0.717, 1.165) is 12.8 Å². The van der Waals surface area contributed by atoms with Gasteiger partial charge in [0, 0.05) is 11.6 Å². The fourth-order valence-corrected chi connectivity index (χ4v) is 3.88. The largest absolute Gasteiger partial charge is 0.391 e. The monoisotopic (exact) mass is 312 g/mol. The summed E-state index contributed by atoms with van der Waals surface area (Å²) in [5.41, 5.74) is 6.05. The van der Waals surface area contributed by atoms with Gasteiger partial charge in [0.05, 0.1) is 11.0 Å². The number of nitrogens with one attached hydrogen (secondary N) is 1. The molecular formula is C14H20N2O4S. The van der Waals surface area contributed by atoms with Gasteiger partial charge in [0.1, 0.15) is 0 Å². The van der Waals surface area contributed by atoms with Crippen molar-refractivity contribution in [1.29, 1.82) is 0 Å². The summed E-state index contributed by atoms with van der Waals surface area (Å²) in [6, 6.07) is 3.77. The summed E-state index contributed by atoms with van der Waals surface area (Å²) >= 11 is 0. The molecule has 1 aromatic rings. The van der Waals surface area contributed by atoms with Gasteiger partial charge in [-0.05, 0) is 37.5 Å². The minimum Gasteiger partial charge on any atom is -0.391 e. The molecule has 1 saturated carbocycles. The highest BCUT2D eigenvalue weighted by molar-refractivity contribution is 7.89. The van der Waals surface area contributed by atoms with Gasteiger partial charge in [-0.15, -0.1) is 0 Å². The SMILES string of the molecule is Cc1ccc(S(=O)(=O)NC2CCCCC2O)cc1C(N)=O. The van der Waals surface area contributed by atoms with E-state index in [1.165, 1.54) is 12.1 Å². The first kappa shape index (κ1) is 15.9. The zero-order valence-electron chi connectivity index (χ0n) is 11.9. The lowest BCUT2D eigenvalue weighted by atomic mass is 9.93. The van der Waals surface area contributed by atoms with E-state index in [2.05, 4.69) is 4.72 Å². The molecule has 116 valence electrons. The Hall–Kier alpha value is -1.44. The Balaban J connectivity index is 2.27. The standard InChI is InChI=1S/C14H20N2O4S/c1-9-6-7-10(8-11(9)14(15)18)21(19,20)16-12-4-2-3-5-13(12)17/h6-8,12-13,16-17H,2-5H2,1H3,(H2,15,18). The predicted octanol–water partition coefficient (Wildman–Crippen LogP) is 0.676. The smallest absolute Gasteiger partial charge is 0.249 e.